The maximum absolute atomic E-state index is 13.0. The molecule has 12 heteroatoms. The number of fused-ring (bicyclic) bond motifs is 10. The molecule has 0 atom stereocenters. The zero-order valence-corrected chi connectivity index (χ0v) is 62.2. The van der Waals surface area contributed by atoms with Gasteiger partial charge in [0.05, 0.1) is 50.0 Å². The van der Waals surface area contributed by atoms with Crippen molar-refractivity contribution in [1.82, 2.24) is 9.13 Å². The fourth-order valence-electron chi connectivity index (χ4n) is 17.3. The minimum atomic E-state index is -1.04. The molecule has 4 N–H and O–H groups in total. The third kappa shape index (κ3) is 12.0. The molecule has 20 aromatic rings. The number of para-hydroxylation sites is 6. The first kappa shape index (κ1) is 70.5. The highest BCUT2D eigenvalue weighted by molar-refractivity contribution is 6.28. The van der Waals surface area contributed by atoms with Crippen LogP contribution in [0.3, 0.4) is 0 Å². The van der Waals surface area contributed by atoms with Gasteiger partial charge in [-0.1, -0.05) is 249 Å². The lowest BCUT2D eigenvalue weighted by Crippen LogP contribution is -2.11. The number of aromatic carboxylic acids is 4. The molecule has 116 heavy (non-hydrogen) atoms. The molecule has 0 saturated heterocycles. The molecule has 12 nitrogen and oxygen atoms in total. The minimum Gasteiger partial charge on any atom is -0.478 e. The highest BCUT2D eigenvalue weighted by atomic mass is 16.4. The maximum atomic E-state index is 13.0. The lowest BCUT2D eigenvalue weighted by molar-refractivity contribution is 0.0687. The van der Waals surface area contributed by atoms with E-state index in [2.05, 4.69) is 207 Å². The SMILES string of the molecule is O=C(O)c1ccccc1-c1c2ccccc2c(-c2ccccc2C(=O)O)c2c(N(c3ccccc3)c3ccc(-n4c5ccccc5c5ccccc54)cc3)cccc12.O=C(O)c1ccccc1-c1c2ccccc2c(-c2ccccc2C(=O)O)c2cc(N(c3ccccc3)c3ccc(-n4c5ccccc5c5ccccc54)cc3)ccc12. The van der Waals surface area contributed by atoms with Crippen molar-refractivity contribution >= 4 is 145 Å². The number of nitrogens with zero attached hydrogens (tertiary/aromatic N) is 4. The summed E-state index contributed by atoms with van der Waals surface area (Å²) in [6.45, 7) is 0. The summed E-state index contributed by atoms with van der Waals surface area (Å²) >= 11 is 0. The molecule has 18 aromatic carbocycles. The molecular weight excluding hydrogens is 1430 g/mol. The number of carboxylic acid groups (broad SMARTS) is 4. The average Bonchev–Trinajstić information content (AvgIpc) is 1.14. The van der Waals surface area contributed by atoms with Crippen molar-refractivity contribution in [2.45, 2.75) is 0 Å². The number of carboxylic acids is 4. The van der Waals surface area contributed by atoms with Gasteiger partial charge in [0.25, 0.3) is 0 Å². The van der Waals surface area contributed by atoms with Crippen LogP contribution >= 0.6 is 0 Å². The number of carbonyl (C=O) groups is 4. The van der Waals surface area contributed by atoms with Gasteiger partial charge in [0, 0.05) is 72.3 Å². The topological polar surface area (TPSA) is 166 Å². The Bertz CT molecular complexity index is 7170. The summed E-state index contributed by atoms with van der Waals surface area (Å²) in [6, 6.07) is 127. The van der Waals surface area contributed by atoms with E-state index in [9.17, 15) is 39.6 Å². The first-order chi connectivity index (χ1) is 57.0. The molecule has 2 heterocycles. The highest BCUT2D eigenvalue weighted by Crippen LogP contribution is 2.53. The van der Waals surface area contributed by atoms with Crippen molar-refractivity contribution in [3.05, 3.63) is 411 Å². The summed E-state index contributed by atoms with van der Waals surface area (Å²) in [6.07, 6.45) is 0. The second-order valence-electron chi connectivity index (χ2n) is 28.5. The number of hydrogen-bond donors (Lipinski definition) is 4. The predicted molar refractivity (Wildman–Crippen MR) is 471 cm³/mol. The van der Waals surface area contributed by atoms with Crippen molar-refractivity contribution in [1.29, 1.82) is 0 Å². The second-order valence-corrected chi connectivity index (χ2v) is 28.5. The van der Waals surface area contributed by atoms with E-state index in [0.717, 1.165) is 133 Å². The van der Waals surface area contributed by atoms with Crippen LogP contribution < -0.4 is 9.80 Å². The molecule has 0 amide bonds. The van der Waals surface area contributed by atoms with Gasteiger partial charge in [-0.05, 0) is 216 Å². The molecule has 0 radical (unpaired) electrons. The fraction of sp³-hybridized carbons (Fsp3) is 0. The Labute approximate surface area is 665 Å². The van der Waals surface area contributed by atoms with E-state index in [1.54, 1.807) is 48.5 Å². The second kappa shape index (κ2) is 29.4. The van der Waals surface area contributed by atoms with Crippen LogP contribution in [0.25, 0.3) is 143 Å². The van der Waals surface area contributed by atoms with Gasteiger partial charge in [-0.25, -0.2) is 19.2 Å². The smallest absolute Gasteiger partial charge is 0.336 e. The van der Waals surface area contributed by atoms with E-state index >= 15 is 0 Å². The van der Waals surface area contributed by atoms with Crippen LogP contribution in [0.15, 0.2) is 388 Å². The van der Waals surface area contributed by atoms with E-state index in [1.807, 2.05) is 152 Å². The molecule has 2 aromatic heterocycles. The summed E-state index contributed by atoms with van der Waals surface area (Å²) in [7, 11) is 0. The van der Waals surface area contributed by atoms with Crippen LogP contribution in [0.4, 0.5) is 34.1 Å². The van der Waals surface area contributed by atoms with Crippen LogP contribution in [0.5, 0.6) is 0 Å². The van der Waals surface area contributed by atoms with E-state index in [4.69, 9.17) is 0 Å². The van der Waals surface area contributed by atoms with E-state index in [0.29, 0.717) is 22.3 Å². The monoisotopic (exact) mass is 1500 g/mol. The molecule has 0 aliphatic heterocycles. The number of hydrogen-bond acceptors (Lipinski definition) is 6. The van der Waals surface area contributed by atoms with Gasteiger partial charge in [0.2, 0.25) is 0 Å². The van der Waals surface area contributed by atoms with Crippen molar-refractivity contribution in [2.24, 2.45) is 0 Å². The first-order valence-corrected chi connectivity index (χ1v) is 38.1. The highest BCUT2D eigenvalue weighted by Gasteiger charge is 2.29. The van der Waals surface area contributed by atoms with Crippen molar-refractivity contribution < 1.29 is 39.6 Å². The Hall–Kier alpha value is -15.9. The Morgan fingerprint density at radius 1 is 0.207 bits per heavy atom. The van der Waals surface area contributed by atoms with E-state index in [1.165, 1.54) is 21.5 Å². The molecule has 0 unspecified atom stereocenters. The van der Waals surface area contributed by atoms with Crippen LogP contribution in [-0.4, -0.2) is 53.4 Å². The third-order valence-corrected chi connectivity index (χ3v) is 22.2. The maximum Gasteiger partial charge on any atom is 0.336 e. The zero-order valence-electron chi connectivity index (χ0n) is 62.2. The van der Waals surface area contributed by atoms with Gasteiger partial charge in [0.1, 0.15) is 0 Å². The van der Waals surface area contributed by atoms with Gasteiger partial charge in [-0.15, -0.1) is 0 Å². The number of benzene rings is 18. The van der Waals surface area contributed by atoms with Crippen LogP contribution in [0.1, 0.15) is 41.4 Å². The third-order valence-electron chi connectivity index (χ3n) is 22.2. The average molecular weight is 1500 g/mol. The summed E-state index contributed by atoms with van der Waals surface area (Å²) in [5, 5.41) is 53.1. The summed E-state index contributed by atoms with van der Waals surface area (Å²) in [4.78, 5) is 55.6. The molecule has 20 rings (SSSR count). The molecule has 0 aliphatic carbocycles. The number of aromatic nitrogens is 2. The summed E-state index contributed by atoms with van der Waals surface area (Å²) in [5.41, 5.74) is 17.9. The van der Waals surface area contributed by atoms with Gasteiger partial charge < -0.3 is 39.4 Å². The molecular formula is C104H68N4O8. The predicted octanol–water partition coefficient (Wildman–Crippen LogP) is 26.6. The molecule has 0 fully saturated rings. The van der Waals surface area contributed by atoms with Gasteiger partial charge in [0.15, 0.2) is 0 Å². The van der Waals surface area contributed by atoms with Gasteiger partial charge in [-0.3, -0.25) is 0 Å². The Balaban J connectivity index is 0.000000155. The Morgan fingerprint density at radius 2 is 0.474 bits per heavy atom. The molecule has 0 saturated carbocycles. The lowest BCUT2D eigenvalue weighted by atomic mass is 9.83. The summed E-state index contributed by atoms with van der Waals surface area (Å²) < 4.78 is 4.59. The molecule has 0 spiro atoms. The molecule has 552 valence electrons. The number of anilines is 6. The summed E-state index contributed by atoms with van der Waals surface area (Å²) in [5.74, 6) is -4.12. The normalized spacial score (nSPS) is 11.4. The number of rotatable bonds is 16. The zero-order chi connectivity index (χ0) is 78.7. The molecule has 0 aliphatic rings. The molecule has 0 bridgehead atoms. The fourth-order valence-corrected chi connectivity index (χ4v) is 17.3. The van der Waals surface area contributed by atoms with Crippen molar-refractivity contribution in [3.8, 4) is 55.9 Å². The van der Waals surface area contributed by atoms with E-state index in [-0.39, 0.29) is 22.3 Å². The lowest BCUT2D eigenvalue weighted by Gasteiger charge is -2.29. The van der Waals surface area contributed by atoms with Crippen molar-refractivity contribution in [3.63, 3.8) is 0 Å². The van der Waals surface area contributed by atoms with Crippen LogP contribution in [0.2, 0.25) is 0 Å². The van der Waals surface area contributed by atoms with Gasteiger partial charge >= 0.3 is 23.9 Å². The van der Waals surface area contributed by atoms with Crippen LogP contribution in [-0.2, 0) is 0 Å². The minimum absolute atomic E-state index is 0.171. The van der Waals surface area contributed by atoms with E-state index < -0.39 is 23.9 Å². The van der Waals surface area contributed by atoms with Gasteiger partial charge in [-0.2, -0.15) is 0 Å². The van der Waals surface area contributed by atoms with Crippen LogP contribution in [0, 0.1) is 0 Å². The van der Waals surface area contributed by atoms with Crippen molar-refractivity contribution in [2.75, 3.05) is 9.80 Å². The largest absolute Gasteiger partial charge is 0.478 e. The quantitative estimate of drug-likeness (QED) is 0.0684. The Kier molecular flexibility index (Phi) is 17.9. The first-order valence-electron chi connectivity index (χ1n) is 38.1. The Morgan fingerprint density at radius 3 is 0.862 bits per heavy atom. The standard InChI is InChI=1S/2C52H34N2O4/c55-51(56)42-23-8-6-21-40(42)48-38-19-4-5-20-39(38)49(41-22-7-9-24-43(41)52(57)58)50-44(48)25-14-28-47(50)53(33-15-2-1-3-16-33)34-29-31-35(32-30-34)54-45-26-12-10-17-36(45)37-18-11-13-27-46(37)54;55-51(56)44-22-8-6-20-41(44)49-39-18-4-5-19-40(39)50(42-21-7-9-23-45(42)52(57)58)46-32-36(30-31-43(46)49)53(33-14-2-1-3-15-33)34-26-28-35(29-27-34)54-47-24-12-10-16-37(47)38-17-11-13-25-48(38)54/h2*1-32H,(H,55,56)(H,57,58).